The summed E-state index contributed by atoms with van der Waals surface area (Å²) in [5.41, 5.74) is 2.43. The molecule has 2 heteroatoms. The second-order valence-electron chi connectivity index (χ2n) is 4.48. The fourth-order valence-electron chi connectivity index (χ4n) is 1.67. The highest BCUT2D eigenvalue weighted by Gasteiger charge is 2.18. The normalized spacial score (nSPS) is 11.6. The average Bonchev–Trinajstić information content (AvgIpc) is 2.81. The molecule has 1 N–H and O–H groups in total. The number of rotatable bonds is 4. The summed E-state index contributed by atoms with van der Waals surface area (Å²) in [6.45, 7) is 5.18. The molecule has 2 rings (SSSR count). The number of benzene rings is 1. The molecule has 0 radical (unpaired) electrons. The van der Waals surface area contributed by atoms with E-state index < -0.39 is 0 Å². The lowest BCUT2D eigenvalue weighted by atomic mass is 9.94. The fourth-order valence-corrected chi connectivity index (χ4v) is 1.67. The van der Waals surface area contributed by atoms with Gasteiger partial charge in [0.25, 0.3) is 0 Å². The van der Waals surface area contributed by atoms with Gasteiger partial charge in [0, 0.05) is 17.6 Å². The van der Waals surface area contributed by atoms with E-state index in [1.54, 1.807) is 12.5 Å². The first kappa shape index (κ1) is 11.0. The van der Waals surface area contributed by atoms with Crippen molar-refractivity contribution in [2.75, 3.05) is 0 Å². The van der Waals surface area contributed by atoms with Crippen molar-refractivity contribution < 1.29 is 4.42 Å². The van der Waals surface area contributed by atoms with Crippen LogP contribution in [0, 0.1) is 0 Å². The first-order chi connectivity index (χ1) is 7.68. The van der Waals surface area contributed by atoms with Crippen LogP contribution in [0.4, 0.5) is 0 Å². The van der Waals surface area contributed by atoms with Gasteiger partial charge in [-0.1, -0.05) is 30.3 Å². The predicted molar refractivity (Wildman–Crippen MR) is 65.0 cm³/mol. The van der Waals surface area contributed by atoms with Crippen LogP contribution in [-0.4, -0.2) is 0 Å². The average molecular weight is 215 g/mol. The van der Waals surface area contributed by atoms with Crippen LogP contribution in [0.25, 0.3) is 0 Å². The van der Waals surface area contributed by atoms with Gasteiger partial charge in [-0.3, -0.25) is 0 Å². The third-order valence-electron chi connectivity index (χ3n) is 2.81. The summed E-state index contributed by atoms with van der Waals surface area (Å²) in [7, 11) is 0. The van der Waals surface area contributed by atoms with Gasteiger partial charge in [0.2, 0.25) is 0 Å². The van der Waals surface area contributed by atoms with E-state index in [-0.39, 0.29) is 5.54 Å². The zero-order valence-corrected chi connectivity index (χ0v) is 9.73. The summed E-state index contributed by atoms with van der Waals surface area (Å²) >= 11 is 0. The van der Waals surface area contributed by atoms with Gasteiger partial charge >= 0.3 is 0 Å². The molecule has 0 atom stereocenters. The fraction of sp³-hybridized carbons (Fsp3) is 0.286. The Morgan fingerprint density at radius 3 is 2.50 bits per heavy atom. The van der Waals surface area contributed by atoms with Crippen LogP contribution in [0.15, 0.2) is 53.3 Å². The maximum atomic E-state index is 5.05. The van der Waals surface area contributed by atoms with Gasteiger partial charge in [-0.25, -0.2) is 0 Å². The van der Waals surface area contributed by atoms with Gasteiger partial charge in [-0.15, -0.1) is 0 Å². The molecule has 1 aromatic heterocycles. The van der Waals surface area contributed by atoms with Crippen molar-refractivity contribution >= 4 is 0 Å². The summed E-state index contributed by atoms with van der Waals surface area (Å²) in [5, 5.41) is 3.52. The molecule has 0 amide bonds. The molecule has 2 aromatic rings. The van der Waals surface area contributed by atoms with Gasteiger partial charge in [-0.2, -0.15) is 0 Å². The second-order valence-corrected chi connectivity index (χ2v) is 4.48. The Balaban J connectivity index is 2.03. The van der Waals surface area contributed by atoms with Crippen LogP contribution in [0.3, 0.4) is 0 Å². The number of hydrogen-bond acceptors (Lipinski definition) is 2. The quantitative estimate of drug-likeness (QED) is 0.846. The molecule has 0 aliphatic heterocycles. The minimum atomic E-state index is -0.0292. The minimum absolute atomic E-state index is 0.0292. The molecule has 0 spiro atoms. The van der Waals surface area contributed by atoms with E-state index in [1.807, 2.05) is 12.1 Å². The third kappa shape index (κ3) is 2.52. The van der Waals surface area contributed by atoms with E-state index in [2.05, 4.69) is 43.4 Å². The number of furan rings is 1. The zero-order valence-electron chi connectivity index (χ0n) is 9.73. The Kier molecular flexibility index (Phi) is 3.11. The van der Waals surface area contributed by atoms with E-state index in [9.17, 15) is 0 Å². The van der Waals surface area contributed by atoms with Gasteiger partial charge in [0.1, 0.15) is 0 Å². The summed E-state index contributed by atoms with van der Waals surface area (Å²) in [6, 6.07) is 12.4. The maximum absolute atomic E-state index is 5.05. The predicted octanol–water partition coefficient (Wildman–Crippen LogP) is 3.30. The molecule has 1 heterocycles. The van der Waals surface area contributed by atoms with Gasteiger partial charge in [0.15, 0.2) is 0 Å². The van der Waals surface area contributed by atoms with Gasteiger partial charge < -0.3 is 9.73 Å². The van der Waals surface area contributed by atoms with Gasteiger partial charge in [0.05, 0.1) is 12.5 Å². The molecular weight excluding hydrogens is 198 g/mol. The monoisotopic (exact) mass is 215 g/mol. The van der Waals surface area contributed by atoms with Crippen LogP contribution >= 0.6 is 0 Å². The lowest BCUT2D eigenvalue weighted by molar-refractivity contribution is 0.400. The highest BCUT2D eigenvalue weighted by molar-refractivity contribution is 5.22. The van der Waals surface area contributed by atoms with E-state index in [1.165, 1.54) is 11.1 Å². The summed E-state index contributed by atoms with van der Waals surface area (Å²) in [6.07, 6.45) is 3.47. The summed E-state index contributed by atoms with van der Waals surface area (Å²) in [5.74, 6) is 0. The van der Waals surface area contributed by atoms with Crippen LogP contribution in [-0.2, 0) is 12.1 Å². The Morgan fingerprint density at radius 1 is 1.12 bits per heavy atom. The molecule has 1 aromatic carbocycles. The van der Waals surface area contributed by atoms with E-state index in [0.29, 0.717) is 0 Å². The van der Waals surface area contributed by atoms with Crippen molar-refractivity contribution in [1.29, 1.82) is 0 Å². The third-order valence-corrected chi connectivity index (χ3v) is 2.81. The Hall–Kier alpha value is -1.54. The number of nitrogens with one attached hydrogen (secondary N) is 1. The second kappa shape index (κ2) is 4.54. The van der Waals surface area contributed by atoms with Crippen molar-refractivity contribution in [2.24, 2.45) is 0 Å². The van der Waals surface area contributed by atoms with Crippen molar-refractivity contribution in [2.45, 2.75) is 25.9 Å². The van der Waals surface area contributed by atoms with Crippen molar-refractivity contribution in [1.82, 2.24) is 5.32 Å². The van der Waals surface area contributed by atoms with E-state index >= 15 is 0 Å². The van der Waals surface area contributed by atoms with Crippen LogP contribution in [0.5, 0.6) is 0 Å². The molecule has 0 aliphatic carbocycles. The smallest absolute Gasteiger partial charge is 0.0947 e. The highest BCUT2D eigenvalue weighted by Crippen LogP contribution is 2.20. The molecule has 0 aliphatic rings. The van der Waals surface area contributed by atoms with Crippen molar-refractivity contribution in [3.8, 4) is 0 Å². The van der Waals surface area contributed by atoms with E-state index in [4.69, 9.17) is 4.42 Å². The highest BCUT2D eigenvalue weighted by atomic mass is 16.3. The topological polar surface area (TPSA) is 25.2 Å². The van der Waals surface area contributed by atoms with Crippen LogP contribution < -0.4 is 5.32 Å². The Labute approximate surface area is 96.3 Å². The lowest BCUT2D eigenvalue weighted by Gasteiger charge is -2.26. The molecule has 0 fully saturated rings. The summed E-state index contributed by atoms with van der Waals surface area (Å²) < 4.78 is 5.05. The first-order valence-electron chi connectivity index (χ1n) is 5.50. The minimum Gasteiger partial charge on any atom is -0.472 e. The maximum Gasteiger partial charge on any atom is 0.0947 e. The molecule has 0 bridgehead atoms. The van der Waals surface area contributed by atoms with Gasteiger partial charge in [-0.05, 0) is 25.5 Å². The molecule has 0 saturated heterocycles. The first-order valence-corrected chi connectivity index (χ1v) is 5.50. The van der Waals surface area contributed by atoms with Crippen LogP contribution in [0.2, 0.25) is 0 Å². The van der Waals surface area contributed by atoms with Crippen molar-refractivity contribution in [3.63, 3.8) is 0 Å². The zero-order chi connectivity index (χ0) is 11.4. The molecule has 2 nitrogen and oxygen atoms in total. The molecule has 0 unspecified atom stereocenters. The Bertz CT molecular complexity index is 417. The molecule has 84 valence electrons. The standard InChI is InChI=1S/C14H17NO/c1-14(2,13-6-4-3-5-7-13)15-10-12-8-9-16-11-12/h3-9,11,15H,10H2,1-2H3. The molecular formula is C14H17NO. The molecule has 0 saturated carbocycles. The van der Waals surface area contributed by atoms with Crippen molar-refractivity contribution in [3.05, 3.63) is 60.1 Å². The lowest BCUT2D eigenvalue weighted by Crippen LogP contribution is -2.35. The SMILES string of the molecule is CC(C)(NCc1ccoc1)c1ccccc1. The summed E-state index contributed by atoms with van der Waals surface area (Å²) in [4.78, 5) is 0. The van der Waals surface area contributed by atoms with Crippen LogP contribution in [0.1, 0.15) is 25.0 Å². The Morgan fingerprint density at radius 2 is 1.88 bits per heavy atom. The molecule has 16 heavy (non-hydrogen) atoms. The number of hydrogen-bond donors (Lipinski definition) is 1. The largest absolute Gasteiger partial charge is 0.472 e. The van der Waals surface area contributed by atoms with E-state index in [0.717, 1.165) is 6.54 Å².